The summed E-state index contributed by atoms with van der Waals surface area (Å²) in [5.41, 5.74) is 0. The molecule has 0 radical (unpaired) electrons. The summed E-state index contributed by atoms with van der Waals surface area (Å²) in [4.78, 5) is 4.40. The van der Waals surface area contributed by atoms with Crippen molar-refractivity contribution in [3.05, 3.63) is 12.7 Å². The molecule has 0 unspecified atom stereocenters. The molecule has 1 rings (SSSR count). The number of hydrogen-bond acceptors (Lipinski definition) is 2. The quantitative estimate of drug-likeness (QED) is 0.442. The van der Waals surface area contributed by atoms with E-state index in [1.807, 2.05) is 6.08 Å². The van der Waals surface area contributed by atoms with Crippen molar-refractivity contribution in [2.24, 2.45) is 4.99 Å². The molecule has 1 N–H and O–H groups in total. The third kappa shape index (κ3) is 6.65. The summed E-state index contributed by atoms with van der Waals surface area (Å²) in [5.74, 6) is 1.24. The van der Waals surface area contributed by atoms with Crippen LogP contribution in [0.5, 0.6) is 0 Å². The third-order valence-electron chi connectivity index (χ3n) is 3.07. The highest BCUT2D eigenvalue weighted by Crippen LogP contribution is 2.10. The van der Waals surface area contributed by atoms with Crippen LogP contribution in [0.25, 0.3) is 0 Å². The van der Waals surface area contributed by atoms with Gasteiger partial charge in [0, 0.05) is 13.0 Å². The second-order valence-corrected chi connectivity index (χ2v) is 4.56. The maximum absolute atomic E-state index is 4.40. The largest absolute Gasteiger partial charge is 0.372 e. The SMILES string of the molecule is C=CCCCCCCCCCC1=NCCN1. The minimum Gasteiger partial charge on any atom is -0.372 e. The number of aliphatic imine (C=N–C) groups is 1. The monoisotopic (exact) mass is 222 g/mol. The fourth-order valence-electron chi connectivity index (χ4n) is 2.08. The highest BCUT2D eigenvalue weighted by atomic mass is 15.1. The summed E-state index contributed by atoms with van der Waals surface area (Å²) in [6, 6.07) is 0. The van der Waals surface area contributed by atoms with Crippen LogP contribution in [0.3, 0.4) is 0 Å². The van der Waals surface area contributed by atoms with Crippen molar-refractivity contribution in [1.29, 1.82) is 0 Å². The molecule has 0 aromatic carbocycles. The standard InChI is InChI=1S/C14H26N2/c1-2-3-4-5-6-7-8-9-10-11-14-15-12-13-16-14/h2H,1,3-13H2,(H,15,16). The van der Waals surface area contributed by atoms with Crippen molar-refractivity contribution in [2.45, 2.75) is 57.8 Å². The van der Waals surface area contributed by atoms with Gasteiger partial charge in [0.1, 0.15) is 0 Å². The van der Waals surface area contributed by atoms with Gasteiger partial charge in [-0.1, -0.05) is 38.2 Å². The topological polar surface area (TPSA) is 24.4 Å². The summed E-state index contributed by atoms with van der Waals surface area (Å²) in [6.45, 7) is 5.78. The van der Waals surface area contributed by atoms with E-state index < -0.39 is 0 Å². The zero-order chi connectivity index (χ0) is 11.5. The lowest BCUT2D eigenvalue weighted by Gasteiger charge is -2.02. The van der Waals surface area contributed by atoms with Crippen LogP contribution in [0.15, 0.2) is 17.6 Å². The summed E-state index contributed by atoms with van der Waals surface area (Å²) in [5, 5.41) is 3.32. The highest BCUT2D eigenvalue weighted by Gasteiger charge is 2.03. The zero-order valence-corrected chi connectivity index (χ0v) is 10.5. The van der Waals surface area contributed by atoms with Crippen molar-refractivity contribution < 1.29 is 0 Å². The maximum Gasteiger partial charge on any atom is 0.0964 e. The number of nitrogens with zero attached hydrogens (tertiary/aromatic N) is 1. The number of nitrogens with one attached hydrogen (secondary N) is 1. The van der Waals surface area contributed by atoms with E-state index in [1.54, 1.807) is 0 Å². The molecule has 0 spiro atoms. The fraction of sp³-hybridized carbons (Fsp3) is 0.786. The molecule has 0 saturated heterocycles. The van der Waals surface area contributed by atoms with Gasteiger partial charge in [-0.15, -0.1) is 6.58 Å². The van der Waals surface area contributed by atoms with Gasteiger partial charge in [-0.05, 0) is 19.3 Å². The molecular weight excluding hydrogens is 196 g/mol. The van der Waals surface area contributed by atoms with Gasteiger partial charge in [0.05, 0.1) is 12.4 Å². The van der Waals surface area contributed by atoms with Crippen molar-refractivity contribution in [2.75, 3.05) is 13.1 Å². The number of amidine groups is 1. The normalized spacial score (nSPS) is 14.6. The Balaban J connectivity index is 1.76. The van der Waals surface area contributed by atoms with Crippen LogP contribution in [0.2, 0.25) is 0 Å². The second-order valence-electron chi connectivity index (χ2n) is 4.56. The van der Waals surface area contributed by atoms with Crippen LogP contribution in [0.4, 0.5) is 0 Å². The van der Waals surface area contributed by atoms with Crippen molar-refractivity contribution in [3.8, 4) is 0 Å². The van der Waals surface area contributed by atoms with Crippen molar-refractivity contribution >= 4 is 5.84 Å². The summed E-state index contributed by atoms with van der Waals surface area (Å²) in [6.07, 6.45) is 13.9. The molecule has 0 amide bonds. The first-order valence-corrected chi connectivity index (χ1v) is 6.81. The number of hydrogen-bond donors (Lipinski definition) is 1. The molecule has 0 aliphatic carbocycles. The summed E-state index contributed by atoms with van der Waals surface area (Å²) < 4.78 is 0. The van der Waals surface area contributed by atoms with Gasteiger partial charge in [0.25, 0.3) is 0 Å². The van der Waals surface area contributed by atoms with Crippen LogP contribution in [0.1, 0.15) is 57.8 Å². The van der Waals surface area contributed by atoms with E-state index in [1.165, 1.54) is 57.2 Å². The highest BCUT2D eigenvalue weighted by molar-refractivity contribution is 5.83. The first-order valence-electron chi connectivity index (χ1n) is 6.81. The molecule has 0 atom stereocenters. The smallest absolute Gasteiger partial charge is 0.0964 e. The van der Waals surface area contributed by atoms with Crippen LogP contribution in [0, 0.1) is 0 Å². The van der Waals surface area contributed by atoms with E-state index in [0.717, 1.165) is 19.5 Å². The molecule has 1 heterocycles. The Morgan fingerprint density at radius 3 is 2.38 bits per heavy atom. The predicted octanol–water partition coefficient (Wildman–Crippen LogP) is 3.69. The summed E-state index contributed by atoms with van der Waals surface area (Å²) >= 11 is 0. The molecule has 1 aliphatic heterocycles. The van der Waals surface area contributed by atoms with Crippen LogP contribution >= 0.6 is 0 Å². The third-order valence-corrected chi connectivity index (χ3v) is 3.07. The van der Waals surface area contributed by atoms with Gasteiger partial charge < -0.3 is 5.32 Å². The molecule has 16 heavy (non-hydrogen) atoms. The lowest BCUT2D eigenvalue weighted by molar-refractivity contribution is 0.585. The zero-order valence-electron chi connectivity index (χ0n) is 10.5. The number of allylic oxidation sites excluding steroid dienone is 1. The molecule has 0 fully saturated rings. The maximum atomic E-state index is 4.40. The Bertz CT molecular complexity index is 209. The molecule has 0 bridgehead atoms. The Kier molecular flexibility index (Phi) is 7.83. The molecule has 0 saturated carbocycles. The van der Waals surface area contributed by atoms with Gasteiger partial charge >= 0.3 is 0 Å². The van der Waals surface area contributed by atoms with Crippen LogP contribution < -0.4 is 5.32 Å². The molecule has 0 aromatic rings. The van der Waals surface area contributed by atoms with Crippen LogP contribution in [-0.2, 0) is 0 Å². The minimum absolute atomic E-state index is 0.985. The van der Waals surface area contributed by atoms with Gasteiger partial charge in [-0.2, -0.15) is 0 Å². The van der Waals surface area contributed by atoms with E-state index in [4.69, 9.17) is 0 Å². The van der Waals surface area contributed by atoms with E-state index in [2.05, 4.69) is 16.9 Å². The van der Waals surface area contributed by atoms with Gasteiger partial charge in [0.2, 0.25) is 0 Å². The van der Waals surface area contributed by atoms with Gasteiger partial charge in [-0.3, -0.25) is 4.99 Å². The molecular formula is C14H26N2. The Morgan fingerprint density at radius 2 is 1.75 bits per heavy atom. The summed E-state index contributed by atoms with van der Waals surface area (Å²) in [7, 11) is 0. The Morgan fingerprint density at radius 1 is 1.06 bits per heavy atom. The Labute approximate surface area is 100 Å². The van der Waals surface area contributed by atoms with E-state index in [0.29, 0.717) is 0 Å². The molecule has 2 heteroatoms. The number of rotatable bonds is 10. The fourth-order valence-corrected chi connectivity index (χ4v) is 2.08. The molecule has 0 aromatic heterocycles. The van der Waals surface area contributed by atoms with Gasteiger partial charge in [-0.25, -0.2) is 0 Å². The lowest BCUT2D eigenvalue weighted by atomic mass is 10.1. The second kappa shape index (κ2) is 9.44. The van der Waals surface area contributed by atoms with Gasteiger partial charge in [0.15, 0.2) is 0 Å². The van der Waals surface area contributed by atoms with Crippen LogP contribution in [-0.4, -0.2) is 18.9 Å². The van der Waals surface area contributed by atoms with E-state index >= 15 is 0 Å². The minimum atomic E-state index is 0.985. The average molecular weight is 222 g/mol. The molecule has 92 valence electrons. The van der Waals surface area contributed by atoms with E-state index in [9.17, 15) is 0 Å². The van der Waals surface area contributed by atoms with E-state index in [-0.39, 0.29) is 0 Å². The Hall–Kier alpha value is -0.790. The first kappa shape index (κ1) is 13.3. The first-order chi connectivity index (χ1) is 7.93. The molecule has 2 nitrogen and oxygen atoms in total. The van der Waals surface area contributed by atoms with Crippen molar-refractivity contribution in [3.63, 3.8) is 0 Å². The molecule has 1 aliphatic rings. The lowest BCUT2D eigenvalue weighted by Crippen LogP contribution is -2.17. The predicted molar refractivity (Wildman–Crippen MR) is 72.1 cm³/mol. The number of unbranched alkanes of at least 4 members (excludes halogenated alkanes) is 7. The van der Waals surface area contributed by atoms with Crippen molar-refractivity contribution in [1.82, 2.24) is 5.32 Å². The average Bonchev–Trinajstić information content (AvgIpc) is 2.80.